The molecular formula is C23H29N3O3. The number of aromatic nitrogens is 1. The van der Waals surface area contributed by atoms with E-state index in [9.17, 15) is 9.59 Å². The summed E-state index contributed by atoms with van der Waals surface area (Å²) in [5, 5.41) is 3.03. The number of methoxy groups -OCH3 is 1. The SMILES string of the molecule is COc1ccccc1C(CNC(=O)CCC(=O)c1cccnc1)N1CCCCC1. The lowest BCUT2D eigenvalue weighted by Crippen LogP contribution is -2.40. The smallest absolute Gasteiger partial charge is 0.220 e. The molecule has 1 aliphatic heterocycles. The van der Waals surface area contributed by atoms with Crippen molar-refractivity contribution < 1.29 is 14.3 Å². The highest BCUT2D eigenvalue weighted by Crippen LogP contribution is 2.30. The third kappa shape index (κ3) is 5.87. The fourth-order valence-electron chi connectivity index (χ4n) is 3.81. The molecule has 6 nitrogen and oxygen atoms in total. The van der Waals surface area contributed by atoms with Crippen LogP contribution in [0.1, 0.15) is 54.1 Å². The molecule has 1 unspecified atom stereocenters. The molecule has 6 heteroatoms. The molecule has 1 atom stereocenters. The molecule has 2 heterocycles. The summed E-state index contributed by atoms with van der Waals surface area (Å²) in [6, 6.07) is 11.5. The minimum atomic E-state index is -0.112. The van der Waals surface area contributed by atoms with Crippen molar-refractivity contribution in [2.24, 2.45) is 0 Å². The van der Waals surface area contributed by atoms with Gasteiger partial charge >= 0.3 is 0 Å². The maximum Gasteiger partial charge on any atom is 0.220 e. The van der Waals surface area contributed by atoms with Crippen molar-refractivity contribution in [3.8, 4) is 5.75 Å². The first-order valence-electron chi connectivity index (χ1n) is 10.3. The average molecular weight is 396 g/mol. The van der Waals surface area contributed by atoms with E-state index in [-0.39, 0.29) is 30.6 Å². The number of carbonyl (C=O) groups is 2. The third-order valence-corrected chi connectivity index (χ3v) is 5.38. The largest absolute Gasteiger partial charge is 0.496 e. The lowest BCUT2D eigenvalue weighted by molar-refractivity contribution is -0.121. The van der Waals surface area contributed by atoms with Crippen LogP contribution in [-0.4, -0.2) is 48.3 Å². The van der Waals surface area contributed by atoms with Gasteiger partial charge < -0.3 is 10.1 Å². The third-order valence-electron chi connectivity index (χ3n) is 5.38. The van der Waals surface area contributed by atoms with Crippen LogP contribution >= 0.6 is 0 Å². The molecule has 0 aliphatic carbocycles. The van der Waals surface area contributed by atoms with E-state index >= 15 is 0 Å². The van der Waals surface area contributed by atoms with Crippen molar-refractivity contribution in [2.75, 3.05) is 26.7 Å². The second-order valence-corrected chi connectivity index (χ2v) is 7.32. The second kappa shape index (κ2) is 10.7. The summed E-state index contributed by atoms with van der Waals surface area (Å²) < 4.78 is 5.56. The number of pyridine rings is 1. The predicted octanol–water partition coefficient (Wildman–Crippen LogP) is 3.40. The number of nitrogens with zero attached hydrogens (tertiary/aromatic N) is 2. The van der Waals surface area contributed by atoms with E-state index in [0.29, 0.717) is 12.1 Å². The summed E-state index contributed by atoms with van der Waals surface area (Å²) in [6.45, 7) is 2.52. The lowest BCUT2D eigenvalue weighted by atomic mass is 10.0. The van der Waals surface area contributed by atoms with Gasteiger partial charge in [0.25, 0.3) is 0 Å². The number of hydrogen-bond donors (Lipinski definition) is 1. The number of likely N-dealkylation sites (tertiary alicyclic amines) is 1. The maximum atomic E-state index is 12.4. The summed E-state index contributed by atoms with van der Waals surface area (Å²) in [5.74, 6) is 0.661. The molecule has 0 radical (unpaired) electrons. The standard InChI is InChI=1S/C23H29N3O3/c1-29-22-10-4-3-9-19(22)20(26-14-5-2-6-15-26)17-25-23(28)12-11-21(27)18-8-7-13-24-16-18/h3-4,7-10,13,16,20H,2,5-6,11-12,14-15,17H2,1H3,(H,25,28). The van der Waals surface area contributed by atoms with E-state index in [1.165, 1.54) is 25.5 Å². The molecule has 1 fully saturated rings. The van der Waals surface area contributed by atoms with Crippen LogP contribution in [0, 0.1) is 0 Å². The molecule has 1 aromatic heterocycles. The fourth-order valence-corrected chi connectivity index (χ4v) is 3.81. The number of nitrogens with one attached hydrogen (secondary N) is 1. The van der Waals surface area contributed by atoms with Gasteiger partial charge in [0.1, 0.15) is 5.75 Å². The number of rotatable bonds is 9. The highest BCUT2D eigenvalue weighted by Gasteiger charge is 2.25. The molecular weight excluding hydrogens is 366 g/mol. The van der Waals surface area contributed by atoms with Crippen LogP contribution in [0.3, 0.4) is 0 Å². The number of ketones is 1. The Hall–Kier alpha value is -2.73. The van der Waals surface area contributed by atoms with Gasteiger partial charge in [0.15, 0.2) is 5.78 Å². The minimum Gasteiger partial charge on any atom is -0.496 e. The Morgan fingerprint density at radius 2 is 1.90 bits per heavy atom. The number of Topliss-reactive ketones (excluding diaryl/α,β-unsaturated/α-hetero) is 1. The number of piperidine rings is 1. The molecule has 29 heavy (non-hydrogen) atoms. The van der Waals surface area contributed by atoms with Crippen molar-refractivity contribution >= 4 is 11.7 Å². The molecule has 1 amide bonds. The Balaban J connectivity index is 1.60. The van der Waals surface area contributed by atoms with E-state index in [1.807, 2.05) is 18.2 Å². The number of para-hydroxylation sites is 1. The van der Waals surface area contributed by atoms with Gasteiger partial charge in [0.05, 0.1) is 13.2 Å². The molecule has 1 saturated heterocycles. The van der Waals surface area contributed by atoms with Crippen LogP contribution < -0.4 is 10.1 Å². The van der Waals surface area contributed by atoms with Crippen LogP contribution in [0.4, 0.5) is 0 Å². The molecule has 2 aromatic rings. The van der Waals surface area contributed by atoms with Crippen molar-refractivity contribution in [1.29, 1.82) is 0 Å². The Morgan fingerprint density at radius 3 is 2.62 bits per heavy atom. The predicted molar refractivity (Wildman–Crippen MR) is 112 cm³/mol. The summed E-state index contributed by atoms with van der Waals surface area (Å²) in [6.07, 6.45) is 7.10. The minimum absolute atomic E-state index is 0.0597. The van der Waals surface area contributed by atoms with Crippen molar-refractivity contribution in [3.05, 3.63) is 59.9 Å². The van der Waals surface area contributed by atoms with E-state index in [4.69, 9.17) is 4.74 Å². The molecule has 0 bridgehead atoms. The summed E-state index contributed by atoms with van der Waals surface area (Å²) in [4.78, 5) is 31.0. The summed E-state index contributed by atoms with van der Waals surface area (Å²) in [7, 11) is 1.68. The first kappa shape index (κ1) is 21.0. The zero-order chi connectivity index (χ0) is 20.5. The van der Waals surface area contributed by atoms with Crippen LogP contribution in [-0.2, 0) is 4.79 Å². The molecule has 154 valence electrons. The number of hydrogen-bond acceptors (Lipinski definition) is 5. The van der Waals surface area contributed by atoms with Gasteiger partial charge in [-0.1, -0.05) is 24.6 Å². The van der Waals surface area contributed by atoms with Gasteiger partial charge in [0.2, 0.25) is 5.91 Å². The number of amides is 1. The molecule has 1 aromatic carbocycles. The monoisotopic (exact) mass is 395 g/mol. The summed E-state index contributed by atoms with van der Waals surface area (Å²) >= 11 is 0. The number of ether oxygens (including phenoxy) is 1. The maximum absolute atomic E-state index is 12.4. The van der Waals surface area contributed by atoms with E-state index < -0.39 is 0 Å². The summed E-state index contributed by atoms with van der Waals surface area (Å²) in [5.41, 5.74) is 1.63. The van der Waals surface area contributed by atoms with Gasteiger partial charge in [0, 0.05) is 42.9 Å². The van der Waals surface area contributed by atoms with Crippen molar-refractivity contribution in [1.82, 2.24) is 15.2 Å². The topological polar surface area (TPSA) is 71.5 Å². The molecule has 0 spiro atoms. The van der Waals surface area contributed by atoms with E-state index in [0.717, 1.165) is 24.4 Å². The molecule has 1 aliphatic rings. The van der Waals surface area contributed by atoms with E-state index in [1.54, 1.807) is 25.4 Å². The fraction of sp³-hybridized carbons (Fsp3) is 0.435. The number of benzene rings is 1. The van der Waals surface area contributed by atoms with Gasteiger partial charge in [-0.25, -0.2) is 0 Å². The van der Waals surface area contributed by atoms with Gasteiger partial charge in [-0.05, 0) is 44.1 Å². The highest BCUT2D eigenvalue weighted by atomic mass is 16.5. The Morgan fingerprint density at radius 1 is 1.10 bits per heavy atom. The van der Waals surface area contributed by atoms with Crippen molar-refractivity contribution in [3.63, 3.8) is 0 Å². The zero-order valence-corrected chi connectivity index (χ0v) is 17.0. The second-order valence-electron chi connectivity index (χ2n) is 7.32. The Labute approximate surface area is 172 Å². The quantitative estimate of drug-likeness (QED) is 0.659. The van der Waals surface area contributed by atoms with Gasteiger partial charge in [-0.3, -0.25) is 19.5 Å². The Kier molecular flexibility index (Phi) is 7.76. The van der Waals surface area contributed by atoms with Gasteiger partial charge in [-0.2, -0.15) is 0 Å². The Bertz CT molecular complexity index is 804. The normalized spacial score (nSPS) is 15.5. The number of carbonyl (C=O) groups excluding carboxylic acids is 2. The average Bonchev–Trinajstić information content (AvgIpc) is 2.79. The first-order chi connectivity index (χ1) is 14.2. The van der Waals surface area contributed by atoms with Crippen molar-refractivity contribution in [2.45, 2.75) is 38.1 Å². The van der Waals surface area contributed by atoms with E-state index in [2.05, 4.69) is 21.3 Å². The molecule has 3 rings (SSSR count). The van der Waals surface area contributed by atoms with Crippen LogP contribution in [0.2, 0.25) is 0 Å². The van der Waals surface area contributed by atoms with Gasteiger partial charge in [-0.15, -0.1) is 0 Å². The highest BCUT2D eigenvalue weighted by molar-refractivity contribution is 5.97. The molecule has 0 saturated carbocycles. The van der Waals surface area contributed by atoms with Crippen LogP contribution in [0.25, 0.3) is 0 Å². The zero-order valence-electron chi connectivity index (χ0n) is 17.0. The lowest BCUT2D eigenvalue weighted by Gasteiger charge is -2.35. The molecule has 1 N–H and O–H groups in total. The van der Waals surface area contributed by atoms with Crippen LogP contribution in [0.5, 0.6) is 5.75 Å². The first-order valence-corrected chi connectivity index (χ1v) is 10.3. The van der Waals surface area contributed by atoms with Crippen LogP contribution in [0.15, 0.2) is 48.8 Å².